The molecule has 1 saturated carbocycles. The first-order valence-corrected chi connectivity index (χ1v) is 11.7. The Labute approximate surface area is 147 Å². The molecule has 0 bridgehead atoms. The van der Waals surface area contributed by atoms with E-state index in [4.69, 9.17) is 13.9 Å². The molecule has 0 N–H and O–H groups in total. The minimum atomic E-state index is -1.77. The van der Waals surface area contributed by atoms with Crippen LogP contribution in [0.5, 0.6) is 0 Å². The van der Waals surface area contributed by atoms with E-state index in [1.165, 1.54) is 7.11 Å². The molecule has 1 rings (SSSR count). The molecule has 0 spiro atoms. The fraction of sp³-hybridized carbons (Fsp3) is 0.889. The maximum Gasteiger partial charge on any atom is 0.316 e. The molecule has 0 amide bonds. The average Bonchev–Trinajstić information content (AvgIpc) is 2.49. The second-order valence-corrected chi connectivity index (χ2v) is 13.0. The van der Waals surface area contributed by atoms with Gasteiger partial charge in [-0.2, -0.15) is 0 Å². The highest BCUT2D eigenvalue weighted by Gasteiger charge is 2.43. The highest BCUT2D eigenvalue weighted by molar-refractivity contribution is 6.74. The zero-order chi connectivity index (χ0) is 18.5. The molecule has 1 fully saturated rings. The summed E-state index contributed by atoms with van der Waals surface area (Å²) in [6.07, 6.45) is 2.54. The summed E-state index contributed by atoms with van der Waals surface area (Å²) < 4.78 is 16.6. The van der Waals surface area contributed by atoms with Gasteiger partial charge in [0, 0.05) is 26.1 Å². The van der Waals surface area contributed by atoms with Crippen LogP contribution in [0.1, 0.15) is 46.5 Å². The second kappa shape index (κ2) is 8.58. The summed E-state index contributed by atoms with van der Waals surface area (Å²) in [5.41, 5.74) is 0. The highest BCUT2D eigenvalue weighted by Crippen LogP contribution is 2.37. The van der Waals surface area contributed by atoms with E-state index in [2.05, 4.69) is 33.9 Å². The minimum absolute atomic E-state index is 0.0227. The lowest BCUT2D eigenvalue weighted by Gasteiger charge is -2.37. The van der Waals surface area contributed by atoms with Crippen molar-refractivity contribution in [2.75, 3.05) is 20.8 Å². The summed E-state index contributed by atoms with van der Waals surface area (Å²) in [7, 11) is 1.22. The van der Waals surface area contributed by atoms with Crippen LogP contribution in [-0.2, 0) is 23.5 Å². The van der Waals surface area contributed by atoms with E-state index in [1.807, 2.05) is 0 Å². The number of esters is 1. The van der Waals surface area contributed by atoms with Crippen LogP contribution < -0.4 is 0 Å². The lowest BCUT2D eigenvalue weighted by molar-refractivity contribution is -0.158. The van der Waals surface area contributed by atoms with Crippen LogP contribution >= 0.6 is 0 Å². The number of rotatable bonds is 7. The molecule has 5 nitrogen and oxygen atoms in total. The van der Waals surface area contributed by atoms with E-state index in [0.29, 0.717) is 19.4 Å². The second-order valence-electron chi connectivity index (χ2n) is 8.19. The molecule has 0 radical (unpaired) electrons. The van der Waals surface area contributed by atoms with Crippen molar-refractivity contribution in [2.24, 2.45) is 11.8 Å². The monoisotopic (exact) mass is 358 g/mol. The maximum absolute atomic E-state index is 12.2. The van der Waals surface area contributed by atoms with Crippen molar-refractivity contribution in [3.63, 3.8) is 0 Å². The van der Waals surface area contributed by atoms with Crippen LogP contribution in [0.3, 0.4) is 0 Å². The van der Waals surface area contributed by atoms with E-state index < -0.39 is 20.2 Å². The molecule has 24 heavy (non-hydrogen) atoms. The van der Waals surface area contributed by atoms with Crippen LogP contribution in [-0.4, -0.2) is 47.0 Å². The molecule has 140 valence electrons. The van der Waals surface area contributed by atoms with Gasteiger partial charge in [0.05, 0.1) is 13.2 Å². The first kappa shape index (κ1) is 21.3. The van der Waals surface area contributed by atoms with Gasteiger partial charge >= 0.3 is 5.97 Å². The van der Waals surface area contributed by atoms with Gasteiger partial charge in [-0.15, -0.1) is 0 Å². The molecular weight excluding hydrogens is 324 g/mol. The number of ketones is 1. The van der Waals surface area contributed by atoms with Crippen molar-refractivity contribution in [2.45, 2.75) is 70.7 Å². The number of carbonyl (C=O) groups excluding carboxylic acids is 2. The third-order valence-corrected chi connectivity index (χ3v) is 10.2. The van der Waals surface area contributed by atoms with Crippen molar-refractivity contribution >= 4 is 20.1 Å². The zero-order valence-electron chi connectivity index (χ0n) is 16.3. The molecule has 3 unspecified atom stereocenters. The van der Waals surface area contributed by atoms with Gasteiger partial charge in [-0.25, -0.2) is 0 Å². The summed E-state index contributed by atoms with van der Waals surface area (Å²) in [5, 5.41) is 0.178. The van der Waals surface area contributed by atoms with Crippen LogP contribution in [0.2, 0.25) is 18.1 Å². The Morgan fingerprint density at radius 3 is 2.38 bits per heavy atom. The smallest absolute Gasteiger partial charge is 0.316 e. The SMILES string of the molecule is COC(=O)C1C(=O)CCC(OC)C1CCCO[Si](C)(C)C(C)(C)C. The summed E-state index contributed by atoms with van der Waals surface area (Å²) in [4.78, 5) is 24.3. The number of hydrogen-bond acceptors (Lipinski definition) is 5. The fourth-order valence-electron chi connectivity index (χ4n) is 3.05. The Hall–Kier alpha value is -0.723. The number of carbonyl (C=O) groups is 2. The van der Waals surface area contributed by atoms with Crippen molar-refractivity contribution in [3.8, 4) is 0 Å². The fourth-order valence-corrected chi connectivity index (χ4v) is 4.14. The summed E-state index contributed by atoms with van der Waals surface area (Å²) in [6, 6.07) is 0. The van der Waals surface area contributed by atoms with Gasteiger partial charge in [-0.1, -0.05) is 20.8 Å². The topological polar surface area (TPSA) is 61.8 Å². The predicted molar refractivity (Wildman–Crippen MR) is 96.4 cm³/mol. The van der Waals surface area contributed by atoms with Crippen molar-refractivity contribution in [3.05, 3.63) is 0 Å². The van der Waals surface area contributed by atoms with Gasteiger partial charge in [0.2, 0.25) is 0 Å². The molecule has 1 aliphatic carbocycles. The van der Waals surface area contributed by atoms with E-state index in [1.54, 1.807) is 7.11 Å². The molecular formula is C18H34O5Si. The van der Waals surface area contributed by atoms with Gasteiger partial charge in [0.1, 0.15) is 11.7 Å². The standard InChI is InChI=1S/C18H34O5Si/c1-18(2,3)24(6,7)23-12-8-9-13-15(21-4)11-10-14(19)16(13)17(20)22-5/h13,15-16H,8-12H2,1-7H3. The molecule has 0 aromatic rings. The first-order valence-electron chi connectivity index (χ1n) is 8.82. The Morgan fingerprint density at radius 1 is 1.25 bits per heavy atom. The number of methoxy groups -OCH3 is 2. The molecule has 0 aliphatic heterocycles. The summed E-state index contributed by atoms with van der Waals surface area (Å²) in [6.45, 7) is 11.8. The van der Waals surface area contributed by atoms with E-state index in [-0.39, 0.29) is 22.8 Å². The van der Waals surface area contributed by atoms with E-state index >= 15 is 0 Å². The van der Waals surface area contributed by atoms with Crippen LogP contribution in [0, 0.1) is 11.8 Å². The van der Waals surface area contributed by atoms with Gasteiger partial charge in [0.25, 0.3) is 0 Å². The maximum atomic E-state index is 12.2. The van der Waals surface area contributed by atoms with Crippen molar-refractivity contribution < 1.29 is 23.5 Å². The molecule has 0 saturated heterocycles. The molecule has 0 aromatic heterocycles. The Kier molecular flexibility index (Phi) is 7.63. The Balaban J connectivity index is 2.67. The average molecular weight is 359 g/mol. The lowest BCUT2D eigenvalue weighted by Crippen LogP contribution is -2.44. The van der Waals surface area contributed by atoms with Gasteiger partial charge in [-0.05, 0) is 37.4 Å². The van der Waals surface area contributed by atoms with Gasteiger partial charge in [0.15, 0.2) is 8.32 Å². The number of ether oxygens (including phenoxy) is 2. The van der Waals surface area contributed by atoms with Crippen LogP contribution in [0.15, 0.2) is 0 Å². The largest absolute Gasteiger partial charge is 0.468 e. The minimum Gasteiger partial charge on any atom is -0.468 e. The molecule has 0 heterocycles. The Morgan fingerprint density at radius 2 is 1.88 bits per heavy atom. The number of Topliss-reactive ketones (excluding diaryl/α,β-unsaturated/α-hetero) is 1. The van der Waals surface area contributed by atoms with Gasteiger partial charge in [-0.3, -0.25) is 9.59 Å². The third kappa shape index (κ3) is 5.13. The zero-order valence-corrected chi connectivity index (χ0v) is 17.3. The van der Waals surface area contributed by atoms with E-state index in [0.717, 1.165) is 12.8 Å². The third-order valence-electron chi connectivity index (χ3n) is 5.64. The molecule has 0 aromatic carbocycles. The number of hydrogen-bond donors (Lipinski definition) is 0. The quantitative estimate of drug-likeness (QED) is 0.301. The lowest BCUT2D eigenvalue weighted by atomic mass is 9.74. The van der Waals surface area contributed by atoms with Gasteiger partial charge < -0.3 is 13.9 Å². The summed E-state index contributed by atoms with van der Waals surface area (Å²) in [5.74, 6) is -1.27. The van der Waals surface area contributed by atoms with Crippen molar-refractivity contribution in [1.29, 1.82) is 0 Å². The van der Waals surface area contributed by atoms with E-state index in [9.17, 15) is 9.59 Å². The summed E-state index contributed by atoms with van der Waals surface area (Å²) >= 11 is 0. The van der Waals surface area contributed by atoms with Crippen LogP contribution in [0.25, 0.3) is 0 Å². The van der Waals surface area contributed by atoms with Crippen LogP contribution in [0.4, 0.5) is 0 Å². The predicted octanol–water partition coefficient (Wildman–Crippen LogP) is 3.57. The highest BCUT2D eigenvalue weighted by atomic mass is 28.4. The molecule has 6 heteroatoms. The molecule has 1 aliphatic rings. The molecule has 3 atom stereocenters. The normalized spacial score (nSPS) is 25.6. The first-order chi connectivity index (χ1) is 11.0. The Bertz CT molecular complexity index is 433. The van der Waals surface area contributed by atoms with Crippen molar-refractivity contribution in [1.82, 2.24) is 0 Å².